The number of sulfonamides is 1. The van der Waals surface area contributed by atoms with Gasteiger partial charge in [0.05, 0.1) is 4.91 Å². The molecule has 0 amide bonds. The summed E-state index contributed by atoms with van der Waals surface area (Å²) < 4.78 is 26.9. The Balaban J connectivity index is 2.90. The van der Waals surface area contributed by atoms with Gasteiger partial charge in [0.15, 0.2) is 0 Å². The van der Waals surface area contributed by atoms with Crippen molar-refractivity contribution in [2.24, 2.45) is 0 Å². The number of thioether (sulfide) groups is 1. The third kappa shape index (κ3) is 3.64. The van der Waals surface area contributed by atoms with Gasteiger partial charge in [-0.3, -0.25) is 0 Å². The van der Waals surface area contributed by atoms with E-state index in [1.165, 1.54) is 0 Å². The third-order valence-electron chi connectivity index (χ3n) is 2.01. The highest BCUT2D eigenvalue weighted by Gasteiger charge is 2.27. The van der Waals surface area contributed by atoms with Crippen LogP contribution in [0.1, 0.15) is 27.2 Å². The maximum absolute atomic E-state index is 12.1. The quantitative estimate of drug-likeness (QED) is 0.844. The van der Waals surface area contributed by atoms with Gasteiger partial charge in [0.2, 0.25) is 10.0 Å². The van der Waals surface area contributed by atoms with Crippen molar-refractivity contribution in [3.05, 3.63) is 22.6 Å². The van der Waals surface area contributed by atoms with Crippen molar-refractivity contribution in [2.75, 3.05) is 12.0 Å². The van der Waals surface area contributed by atoms with Crippen molar-refractivity contribution in [3.63, 3.8) is 0 Å². The van der Waals surface area contributed by atoms with Crippen LogP contribution < -0.4 is 4.72 Å². The van der Waals surface area contributed by atoms with Gasteiger partial charge in [-0.15, -0.1) is 0 Å². The van der Waals surface area contributed by atoms with E-state index in [-0.39, 0.29) is 0 Å². The van der Waals surface area contributed by atoms with E-state index in [0.717, 1.165) is 17.7 Å². The molecule has 92 valence electrons. The molecule has 0 saturated heterocycles. The standard InChI is InChI=1S/C11H19NO2S2/c1-11(2,3)12-16(13,14)10-7-5-6-9(10)8-15-4/h6-7,12H,5,8H2,1-4H3. The van der Waals surface area contributed by atoms with Crippen LogP contribution in [-0.2, 0) is 10.0 Å². The van der Waals surface area contributed by atoms with Gasteiger partial charge < -0.3 is 0 Å². The normalized spacial score (nSPS) is 17.2. The highest BCUT2D eigenvalue weighted by atomic mass is 32.2. The van der Waals surface area contributed by atoms with Crippen molar-refractivity contribution in [3.8, 4) is 0 Å². The van der Waals surface area contributed by atoms with Gasteiger partial charge in [-0.05, 0) is 39.0 Å². The number of hydrogen-bond acceptors (Lipinski definition) is 3. The average Bonchev–Trinajstić information content (AvgIpc) is 2.48. The van der Waals surface area contributed by atoms with E-state index in [0.29, 0.717) is 4.91 Å². The fraction of sp³-hybridized carbons (Fsp3) is 0.636. The van der Waals surface area contributed by atoms with E-state index >= 15 is 0 Å². The molecule has 0 aromatic heterocycles. The zero-order valence-electron chi connectivity index (χ0n) is 10.2. The molecule has 0 aromatic carbocycles. The van der Waals surface area contributed by atoms with Gasteiger partial charge in [-0.2, -0.15) is 11.8 Å². The summed E-state index contributed by atoms with van der Waals surface area (Å²) in [5.74, 6) is 0.747. The molecule has 0 unspecified atom stereocenters. The zero-order chi connectivity index (χ0) is 12.4. The Kier molecular flexibility index (Phi) is 4.26. The average molecular weight is 261 g/mol. The van der Waals surface area contributed by atoms with E-state index in [2.05, 4.69) is 4.72 Å². The van der Waals surface area contributed by atoms with E-state index in [1.54, 1.807) is 17.8 Å². The van der Waals surface area contributed by atoms with E-state index in [1.807, 2.05) is 33.1 Å². The predicted molar refractivity (Wildman–Crippen MR) is 71.0 cm³/mol. The summed E-state index contributed by atoms with van der Waals surface area (Å²) in [7, 11) is -3.36. The van der Waals surface area contributed by atoms with Gasteiger partial charge in [-0.1, -0.05) is 12.2 Å². The Labute approximate surface area is 102 Å². The van der Waals surface area contributed by atoms with Gasteiger partial charge in [0.1, 0.15) is 0 Å². The molecule has 1 N–H and O–H groups in total. The molecule has 0 atom stereocenters. The summed E-state index contributed by atoms with van der Waals surface area (Å²) in [6.07, 6.45) is 6.45. The van der Waals surface area contributed by atoms with Gasteiger partial charge in [-0.25, -0.2) is 13.1 Å². The summed E-state index contributed by atoms with van der Waals surface area (Å²) in [5, 5.41) is 0. The van der Waals surface area contributed by atoms with E-state index < -0.39 is 15.6 Å². The smallest absolute Gasteiger partial charge is 0.207 e. The first-order valence-corrected chi connectivity index (χ1v) is 8.06. The maximum atomic E-state index is 12.1. The molecule has 0 spiro atoms. The molecule has 1 rings (SSSR count). The molecule has 0 heterocycles. The first-order chi connectivity index (χ1) is 7.26. The first-order valence-electron chi connectivity index (χ1n) is 5.19. The van der Waals surface area contributed by atoms with Crippen molar-refractivity contribution in [2.45, 2.75) is 32.7 Å². The van der Waals surface area contributed by atoms with Crippen LogP contribution in [0.3, 0.4) is 0 Å². The van der Waals surface area contributed by atoms with Crippen LogP contribution in [0.4, 0.5) is 0 Å². The molecule has 5 heteroatoms. The van der Waals surface area contributed by atoms with E-state index in [9.17, 15) is 8.42 Å². The fourth-order valence-corrected chi connectivity index (χ4v) is 3.97. The fourth-order valence-electron chi connectivity index (χ4n) is 1.57. The van der Waals surface area contributed by atoms with Crippen LogP contribution in [-0.4, -0.2) is 26.0 Å². The minimum Gasteiger partial charge on any atom is -0.207 e. The monoisotopic (exact) mass is 261 g/mol. The topological polar surface area (TPSA) is 46.2 Å². The molecule has 0 bridgehead atoms. The number of nitrogens with one attached hydrogen (secondary N) is 1. The lowest BCUT2D eigenvalue weighted by Crippen LogP contribution is -2.41. The molecule has 0 fully saturated rings. The van der Waals surface area contributed by atoms with Crippen molar-refractivity contribution in [1.29, 1.82) is 0 Å². The molecule has 16 heavy (non-hydrogen) atoms. The van der Waals surface area contributed by atoms with Gasteiger partial charge in [0.25, 0.3) is 0 Å². The minimum atomic E-state index is -3.36. The number of hydrogen-bond donors (Lipinski definition) is 1. The molecule has 1 aliphatic rings. The van der Waals surface area contributed by atoms with Crippen LogP contribution in [0, 0.1) is 0 Å². The molecule has 0 aliphatic heterocycles. The summed E-state index contributed by atoms with van der Waals surface area (Å²) in [4.78, 5) is 0.455. The van der Waals surface area contributed by atoms with Crippen LogP contribution in [0.25, 0.3) is 0 Å². The summed E-state index contributed by atoms with van der Waals surface area (Å²) >= 11 is 1.64. The Bertz CT molecular complexity index is 414. The third-order valence-corrected chi connectivity index (χ3v) is 4.50. The molecule has 0 radical (unpaired) electrons. The van der Waals surface area contributed by atoms with Crippen molar-refractivity contribution >= 4 is 21.8 Å². The van der Waals surface area contributed by atoms with Crippen LogP contribution in [0.15, 0.2) is 22.6 Å². The first kappa shape index (κ1) is 13.8. The molecule has 3 nitrogen and oxygen atoms in total. The molecular weight excluding hydrogens is 242 g/mol. The largest absolute Gasteiger partial charge is 0.241 e. The molecular formula is C11H19NO2S2. The second-order valence-corrected chi connectivity index (χ2v) is 7.34. The predicted octanol–water partition coefficient (Wildman–Crippen LogP) is 2.28. The van der Waals surface area contributed by atoms with Gasteiger partial charge in [0, 0.05) is 11.3 Å². The Hall–Kier alpha value is -0.260. The Morgan fingerprint density at radius 2 is 2.00 bits per heavy atom. The lowest BCUT2D eigenvalue weighted by atomic mass is 10.1. The SMILES string of the molecule is CSCC1=CCC=C1S(=O)(=O)NC(C)(C)C. The number of allylic oxidation sites excluding steroid dienone is 3. The summed E-state index contributed by atoms with van der Waals surface area (Å²) in [6, 6.07) is 0. The zero-order valence-corrected chi connectivity index (χ0v) is 11.8. The molecule has 1 aliphatic carbocycles. The minimum absolute atomic E-state index is 0.438. The van der Waals surface area contributed by atoms with E-state index in [4.69, 9.17) is 0 Å². The highest BCUT2D eigenvalue weighted by molar-refractivity contribution is 7.99. The Morgan fingerprint density at radius 1 is 1.38 bits per heavy atom. The second-order valence-electron chi connectivity index (χ2n) is 4.82. The summed E-state index contributed by atoms with van der Waals surface area (Å²) in [6.45, 7) is 5.54. The van der Waals surface area contributed by atoms with Crippen LogP contribution in [0.5, 0.6) is 0 Å². The summed E-state index contributed by atoms with van der Waals surface area (Å²) in [5.41, 5.74) is 0.483. The lowest BCUT2D eigenvalue weighted by molar-refractivity contribution is 0.495. The van der Waals surface area contributed by atoms with Gasteiger partial charge >= 0.3 is 0 Å². The maximum Gasteiger partial charge on any atom is 0.241 e. The highest BCUT2D eigenvalue weighted by Crippen LogP contribution is 2.27. The molecule has 0 saturated carbocycles. The second kappa shape index (κ2) is 4.94. The van der Waals surface area contributed by atoms with Crippen LogP contribution in [0.2, 0.25) is 0 Å². The van der Waals surface area contributed by atoms with Crippen LogP contribution >= 0.6 is 11.8 Å². The number of rotatable bonds is 4. The molecule has 0 aromatic rings. The van der Waals surface area contributed by atoms with Crippen molar-refractivity contribution < 1.29 is 8.42 Å². The van der Waals surface area contributed by atoms with Crippen molar-refractivity contribution in [1.82, 2.24) is 4.72 Å². The Morgan fingerprint density at radius 3 is 2.50 bits per heavy atom. The lowest BCUT2D eigenvalue weighted by Gasteiger charge is -2.21.